The van der Waals surface area contributed by atoms with Crippen molar-refractivity contribution >= 4 is 23.5 Å². The number of urea groups is 1. The number of hydrogen-bond acceptors (Lipinski definition) is 3. The summed E-state index contributed by atoms with van der Waals surface area (Å²) in [6.07, 6.45) is -10.1. The van der Waals surface area contributed by atoms with Crippen molar-refractivity contribution in [1.82, 2.24) is 14.7 Å². The number of likely N-dealkylation sites (N-methyl/N-ethyl adjacent to an activating group) is 1. The van der Waals surface area contributed by atoms with E-state index in [-0.39, 0.29) is 69.7 Å². The van der Waals surface area contributed by atoms with E-state index in [0.29, 0.717) is 35.4 Å². The summed E-state index contributed by atoms with van der Waals surface area (Å²) in [6, 6.07) is 4.50. The van der Waals surface area contributed by atoms with E-state index in [1.807, 2.05) is 0 Å². The molecule has 0 N–H and O–H groups in total. The molecule has 0 radical (unpaired) electrons. The van der Waals surface area contributed by atoms with Gasteiger partial charge in [-0.1, -0.05) is 12.1 Å². The highest BCUT2D eigenvalue weighted by Gasteiger charge is 2.44. The van der Waals surface area contributed by atoms with Gasteiger partial charge in [-0.05, 0) is 61.6 Å². The number of rotatable bonds is 5. The van der Waals surface area contributed by atoms with Crippen molar-refractivity contribution in [3.8, 4) is 0 Å². The van der Waals surface area contributed by atoms with Crippen LogP contribution in [0.1, 0.15) is 61.1 Å². The van der Waals surface area contributed by atoms with E-state index in [9.17, 15) is 53.9 Å². The normalized spacial score (nSPS) is 22.1. The molecule has 7 nitrogen and oxygen atoms in total. The van der Waals surface area contributed by atoms with Crippen molar-refractivity contribution in [2.24, 2.45) is 11.8 Å². The van der Waals surface area contributed by atoms with Gasteiger partial charge in [-0.25, -0.2) is 18.0 Å². The number of anilines is 1. The maximum atomic E-state index is 13.8. The van der Waals surface area contributed by atoms with Crippen LogP contribution in [0.2, 0.25) is 0 Å². The maximum Gasteiger partial charge on any atom is 0.416 e. The highest BCUT2D eigenvalue weighted by Crippen LogP contribution is 2.40. The second-order valence-corrected chi connectivity index (χ2v) is 13.4. The number of amides is 4. The summed E-state index contributed by atoms with van der Waals surface area (Å²) in [5.74, 6) is -5.31. The average Bonchev–Trinajstić information content (AvgIpc) is 3.51. The predicted molar refractivity (Wildman–Crippen MR) is 164 cm³/mol. The number of likely N-dealkylation sites (tertiary alicyclic amines) is 2. The Morgan fingerprint density at radius 3 is 1.76 bits per heavy atom. The van der Waals surface area contributed by atoms with Gasteiger partial charge in [-0.15, -0.1) is 0 Å². The molecule has 0 aromatic heterocycles. The molecule has 1 saturated carbocycles. The molecule has 2 aromatic rings. The van der Waals surface area contributed by atoms with Crippen molar-refractivity contribution in [1.29, 1.82) is 0 Å². The van der Waals surface area contributed by atoms with E-state index in [2.05, 4.69) is 0 Å². The zero-order valence-electron chi connectivity index (χ0n) is 27.3. The first-order valence-corrected chi connectivity index (χ1v) is 16.3. The molecule has 16 heteroatoms. The lowest BCUT2D eigenvalue weighted by Crippen LogP contribution is -2.48. The van der Waals surface area contributed by atoms with Crippen molar-refractivity contribution < 1.29 is 53.9 Å². The summed E-state index contributed by atoms with van der Waals surface area (Å²) in [7, 11) is 2.38. The van der Waals surface area contributed by atoms with Gasteiger partial charge in [0.25, 0.3) is 0 Å². The van der Waals surface area contributed by atoms with E-state index < -0.39 is 70.7 Å². The third-order valence-corrected chi connectivity index (χ3v) is 10.2. The fourth-order valence-corrected chi connectivity index (χ4v) is 7.17. The van der Waals surface area contributed by atoms with Crippen LogP contribution in [0.15, 0.2) is 42.5 Å². The van der Waals surface area contributed by atoms with Gasteiger partial charge in [-0.3, -0.25) is 14.5 Å². The van der Waals surface area contributed by atoms with Crippen LogP contribution in [-0.4, -0.2) is 84.8 Å². The van der Waals surface area contributed by atoms with Crippen LogP contribution in [0.4, 0.5) is 50.0 Å². The van der Waals surface area contributed by atoms with E-state index in [0.717, 1.165) is 11.9 Å². The van der Waals surface area contributed by atoms with Crippen molar-refractivity contribution in [2.45, 2.75) is 68.8 Å². The Morgan fingerprint density at radius 1 is 0.740 bits per heavy atom. The van der Waals surface area contributed by atoms with E-state index in [1.165, 1.54) is 36.2 Å². The Kier molecular flexibility index (Phi) is 10.4. The van der Waals surface area contributed by atoms with E-state index in [4.69, 9.17) is 0 Å². The number of nitrogens with zero attached hydrogens (tertiary/aromatic N) is 4. The van der Waals surface area contributed by atoms with E-state index in [1.54, 1.807) is 4.90 Å². The largest absolute Gasteiger partial charge is 0.416 e. The summed E-state index contributed by atoms with van der Waals surface area (Å²) in [6.45, 7) is 0.595. The summed E-state index contributed by atoms with van der Waals surface area (Å²) >= 11 is 0. The third-order valence-electron chi connectivity index (χ3n) is 10.2. The fourth-order valence-electron chi connectivity index (χ4n) is 7.17. The highest BCUT2D eigenvalue weighted by molar-refractivity contribution is 5.92. The minimum atomic E-state index is -5.12. The maximum absolute atomic E-state index is 13.8. The summed E-state index contributed by atoms with van der Waals surface area (Å²) in [5, 5.41) is 0. The van der Waals surface area contributed by atoms with Crippen LogP contribution >= 0.6 is 0 Å². The standard InChI is InChI=1S/C34H37F9N4O3/c1-44(26-16-23(33(38,39)40)15-24(17-26)34(41,42)43)31(50)45(2)28-19-47(18-27(28)20-3-5-25(35)6-4-20)30(49)22-9-13-46(14-10-22)29(48)21-7-11-32(36,37)12-8-21/h3-6,15-17,21-22,27-28H,7-14,18-19H2,1-2H3/t27-,28+/m0/s1. The van der Waals surface area contributed by atoms with Gasteiger partial charge >= 0.3 is 18.4 Å². The summed E-state index contributed by atoms with van der Waals surface area (Å²) < 4.78 is 122. The smallest absolute Gasteiger partial charge is 0.342 e. The van der Waals surface area contributed by atoms with Crippen LogP contribution in [0, 0.1) is 17.7 Å². The lowest BCUT2D eigenvalue weighted by Gasteiger charge is -2.37. The van der Waals surface area contributed by atoms with Gasteiger partial charge in [0.05, 0.1) is 17.2 Å². The number of piperidine rings is 1. The average molecular weight is 721 g/mol. The topological polar surface area (TPSA) is 64.2 Å². The van der Waals surface area contributed by atoms with Crippen molar-refractivity contribution in [2.75, 3.05) is 45.2 Å². The number of hydrogen-bond donors (Lipinski definition) is 0. The van der Waals surface area contributed by atoms with Crippen molar-refractivity contribution in [3.63, 3.8) is 0 Å². The van der Waals surface area contributed by atoms with Gasteiger partial charge in [-0.2, -0.15) is 26.3 Å². The first kappa shape index (κ1) is 37.3. The molecule has 3 aliphatic rings. The zero-order chi connectivity index (χ0) is 36.8. The Bertz CT molecular complexity index is 1530. The van der Waals surface area contributed by atoms with Crippen LogP contribution in [0.3, 0.4) is 0 Å². The molecule has 0 bridgehead atoms. The van der Waals surface area contributed by atoms with E-state index >= 15 is 0 Å². The second-order valence-electron chi connectivity index (χ2n) is 13.4. The molecule has 2 heterocycles. The molecule has 1 aliphatic carbocycles. The monoisotopic (exact) mass is 720 g/mol. The van der Waals surface area contributed by atoms with Gasteiger partial charge in [0.15, 0.2) is 0 Å². The molecule has 4 amide bonds. The molecular formula is C34H37F9N4O3. The Labute approximate surface area is 283 Å². The molecule has 2 atom stereocenters. The first-order valence-electron chi connectivity index (χ1n) is 16.3. The van der Waals surface area contributed by atoms with Gasteiger partial charge in [0.2, 0.25) is 17.7 Å². The Morgan fingerprint density at radius 2 is 1.24 bits per heavy atom. The molecule has 3 fully saturated rings. The number of carbonyl (C=O) groups is 3. The van der Waals surface area contributed by atoms with Crippen LogP contribution in [0.5, 0.6) is 0 Å². The van der Waals surface area contributed by atoms with Gasteiger partial charge < -0.3 is 14.7 Å². The van der Waals surface area contributed by atoms with Crippen LogP contribution in [0.25, 0.3) is 0 Å². The first-order chi connectivity index (χ1) is 23.2. The predicted octanol–water partition coefficient (Wildman–Crippen LogP) is 7.41. The fraction of sp³-hybridized carbons (Fsp3) is 0.559. The highest BCUT2D eigenvalue weighted by atomic mass is 19.4. The minimum Gasteiger partial charge on any atom is -0.342 e. The molecule has 274 valence electrons. The molecule has 2 saturated heterocycles. The number of alkyl halides is 8. The number of halogens is 9. The van der Waals surface area contributed by atoms with Crippen LogP contribution < -0.4 is 4.90 Å². The Hall–Kier alpha value is -3.98. The molecule has 0 unspecified atom stereocenters. The quantitative estimate of drug-likeness (QED) is 0.303. The molecule has 50 heavy (non-hydrogen) atoms. The minimum absolute atomic E-state index is 0.0250. The molecule has 2 aliphatic heterocycles. The number of benzene rings is 2. The third kappa shape index (κ3) is 8.14. The Balaban J connectivity index is 1.31. The summed E-state index contributed by atoms with van der Waals surface area (Å²) in [5.41, 5.74) is -3.25. The van der Waals surface area contributed by atoms with Gasteiger partial charge in [0, 0.05) is 76.6 Å². The molecule has 0 spiro atoms. The SMILES string of the molecule is CN(C(=O)N(C)[C@@H]1CN(C(=O)C2CCN(C(=O)C3CCC(F)(F)CC3)CC2)C[C@H]1c1ccc(F)cc1)c1cc(C(F)(F)F)cc(C(F)(F)F)c1. The number of carbonyl (C=O) groups excluding carboxylic acids is 3. The molecule has 5 rings (SSSR count). The summed E-state index contributed by atoms with van der Waals surface area (Å²) in [4.78, 5) is 45.4. The van der Waals surface area contributed by atoms with Gasteiger partial charge in [0.1, 0.15) is 5.82 Å². The second kappa shape index (κ2) is 14.0. The lowest BCUT2D eigenvalue weighted by molar-refractivity contribution is -0.144. The lowest BCUT2D eigenvalue weighted by atomic mass is 9.85. The molecular weight excluding hydrogens is 683 g/mol. The molecule has 2 aromatic carbocycles. The van der Waals surface area contributed by atoms with Crippen LogP contribution in [-0.2, 0) is 21.9 Å². The van der Waals surface area contributed by atoms with Crippen molar-refractivity contribution in [3.05, 3.63) is 65.0 Å². The zero-order valence-corrected chi connectivity index (χ0v) is 27.3.